The van der Waals surface area contributed by atoms with Crippen molar-refractivity contribution in [3.05, 3.63) is 22.3 Å². The van der Waals surface area contributed by atoms with Crippen molar-refractivity contribution >= 4 is 85.5 Å². The summed E-state index contributed by atoms with van der Waals surface area (Å²) >= 11 is 6.00. The topological polar surface area (TPSA) is 66.7 Å². The molecule has 0 spiro atoms. The number of hydrogen-bond donors (Lipinski definition) is 1. The minimum absolute atomic E-state index is 0.148. The fourth-order valence-corrected chi connectivity index (χ4v) is 3.16. The number of carbonyl (C=O) groups is 1. The van der Waals surface area contributed by atoms with Crippen molar-refractivity contribution in [1.29, 1.82) is 0 Å². The summed E-state index contributed by atoms with van der Waals surface area (Å²) in [6.07, 6.45) is 1.41. The van der Waals surface area contributed by atoms with Crippen molar-refractivity contribution in [2.24, 2.45) is 4.99 Å². The fourth-order valence-electron chi connectivity index (χ4n) is 0.877. The number of isocyanates is 1. The Kier molecular flexibility index (Phi) is 4.93. The highest BCUT2D eigenvalue weighted by molar-refractivity contribution is 14.1. The summed E-state index contributed by atoms with van der Waals surface area (Å²) in [5.41, 5.74) is 0.488. The number of carboxylic acids is 1. The van der Waals surface area contributed by atoms with E-state index in [9.17, 15) is 9.59 Å². The second-order valence-corrected chi connectivity index (χ2v) is 5.63. The van der Waals surface area contributed by atoms with Gasteiger partial charge in [-0.2, -0.15) is 4.99 Å². The van der Waals surface area contributed by atoms with Gasteiger partial charge in [0.15, 0.2) is 0 Å². The summed E-state index contributed by atoms with van der Waals surface area (Å²) in [4.78, 5) is 24.5. The second-order valence-electron chi connectivity index (χ2n) is 2.39. The Balaban J connectivity index is 3.58. The van der Waals surface area contributed by atoms with Crippen LogP contribution in [0.2, 0.25) is 0 Å². The van der Waals surface area contributed by atoms with Gasteiger partial charge in [-0.25, -0.2) is 9.59 Å². The van der Waals surface area contributed by atoms with Crippen LogP contribution >= 0.6 is 67.8 Å². The number of hydrogen-bond acceptors (Lipinski definition) is 3. The molecule has 7 heteroatoms. The summed E-state index contributed by atoms with van der Waals surface area (Å²) in [5.74, 6) is -1.03. The van der Waals surface area contributed by atoms with Gasteiger partial charge >= 0.3 is 5.97 Å². The molecule has 4 nitrogen and oxygen atoms in total. The van der Waals surface area contributed by atoms with E-state index in [4.69, 9.17) is 5.11 Å². The second kappa shape index (κ2) is 5.55. The predicted molar refractivity (Wildman–Crippen MR) is 79.3 cm³/mol. The number of rotatable bonds is 2. The van der Waals surface area contributed by atoms with Crippen LogP contribution in [0.15, 0.2) is 11.1 Å². The highest BCUT2D eigenvalue weighted by Gasteiger charge is 2.16. The van der Waals surface area contributed by atoms with Crippen LogP contribution in [0.5, 0.6) is 0 Å². The Morgan fingerprint density at radius 1 is 1.27 bits per heavy atom. The van der Waals surface area contributed by atoms with Crippen molar-refractivity contribution < 1.29 is 14.7 Å². The summed E-state index contributed by atoms with van der Waals surface area (Å²) < 4.78 is 2.18. The molecule has 0 amide bonds. The van der Waals surface area contributed by atoms with Crippen LogP contribution in [0.1, 0.15) is 10.4 Å². The number of nitrogens with zero attached hydrogens (tertiary/aromatic N) is 1. The standard InChI is InChI=1S/C8H2I3NO3/c9-5-3(8(14)15)1-4(12-2-13)6(10)7(5)11/h1H,(H,14,15). The first-order valence-corrected chi connectivity index (χ1v) is 6.71. The van der Waals surface area contributed by atoms with E-state index in [1.807, 2.05) is 67.8 Å². The molecule has 0 saturated carbocycles. The van der Waals surface area contributed by atoms with Gasteiger partial charge in [-0.15, -0.1) is 0 Å². The van der Waals surface area contributed by atoms with Crippen LogP contribution < -0.4 is 0 Å². The lowest BCUT2D eigenvalue weighted by Gasteiger charge is -2.06. The molecule has 0 unspecified atom stereocenters. The molecule has 0 aliphatic heterocycles. The van der Waals surface area contributed by atoms with Crippen LogP contribution in [0, 0.1) is 10.7 Å². The Morgan fingerprint density at radius 3 is 2.33 bits per heavy atom. The maximum Gasteiger partial charge on any atom is 0.336 e. The number of aliphatic imine (C=N–C) groups is 1. The third-order valence-corrected chi connectivity index (χ3v) is 6.88. The first-order valence-electron chi connectivity index (χ1n) is 3.47. The third kappa shape index (κ3) is 2.88. The Labute approximate surface area is 126 Å². The highest BCUT2D eigenvalue weighted by atomic mass is 127. The van der Waals surface area contributed by atoms with Crippen LogP contribution in [0.4, 0.5) is 5.69 Å². The smallest absolute Gasteiger partial charge is 0.336 e. The van der Waals surface area contributed by atoms with E-state index in [0.717, 1.165) is 7.14 Å². The lowest BCUT2D eigenvalue weighted by atomic mass is 10.2. The molecule has 0 saturated heterocycles. The molecule has 1 N–H and O–H groups in total. The predicted octanol–water partition coefficient (Wildman–Crippen LogP) is 3.17. The average molecular weight is 541 g/mol. The first kappa shape index (κ1) is 13.3. The molecule has 1 aromatic rings. The molecule has 15 heavy (non-hydrogen) atoms. The van der Waals surface area contributed by atoms with Gasteiger partial charge in [0.25, 0.3) is 0 Å². The van der Waals surface area contributed by atoms with Crippen molar-refractivity contribution in [3.8, 4) is 0 Å². The average Bonchev–Trinajstić information content (AvgIpc) is 2.18. The van der Waals surface area contributed by atoms with Crippen molar-refractivity contribution in [2.75, 3.05) is 0 Å². The zero-order valence-electron chi connectivity index (χ0n) is 6.92. The fraction of sp³-hybridized carbons (Fsp3) is 0. The van der Waals surface area contributed by atoms with Crippen LogP contribution in [-0.4, -0.2) is 17.2 Å². The molecular formula is C8H2I3NO3. The van der Waals surface area contributed by atoms with Gasteiger partial charge in [-0.1, -0.05) is 0 Å². The molecule has 0 aliphatic rings. The highest BCUT2D eigenvalue weighted by Crippen LogP contribution is 2.32. The van der Waals surface area contributed by atoms with E-state index < -0.39 is 5.97 Å². The van der Waals surface area contributed by atoms with E-state index in [1.165, 1.54) is 12.1 Å². The zero-order chi connectivity index (χ0) is 11.6. The van der Waals surface area contributed by atoms with Gasteiger partial charge in [-0.05, 0) is 73.8 Å². The molecular weight excluding hydrogens is 539 g/mol. The maximum atomic E-state index is 10.9. The number of aromatic carboxylic acids is 1. The van der Waals surface area contributed by atoms with E-state index in [0.29, 0.717) is 9.26 Å². The van der Waals surface area contributed by atoms with Crippen molar-refractivity contribution in [1.82, 2.24) is 0 Å². The van der Waals surface area contributed by atoms with Crippen molar-refractivity contribution in [3.63, 3.8) is 0 Å². The molecule has 0 bridgehead atoms. The SMILES string of the molecule is O=C=Nc1cc(C(=O)O)c(I)c(I)c1I. The van der Waals surface area contributed by atoms with E-state index in [2.05, 4.69) is 4.99 Å². The molecule has 0 aromatic heterocycles. The minimum Gasteiger partial charge on any atom is -0.478 e. The van der Waals surface area contributed by atoms with Crippen LogP contribution in [0.3, 0.4) is 0 Å². The molecule has 1 rings (SSSR count). The summed E-state index contributed by atoms with van der Waals surface area (Å²) in [6, 6.07) is 1.37. The Morgan fingerprint density at radius 2 is 1.87 bits per heavy atom. The van der Waals surface area contributed by atoms with E-state index in [1.54, 1.807) is 0 Å². The Hall–Kier alpha value is 0.260. The Bertz CT molecular complexity index is 454. The van der Waals surface area contributed by atoms with Crippen molar-refractivity contribution in [2.45, 2.75) is 0 Å². The third-order valence-electron chi connectivity index (χ3n) is 1.52. The molecule has 1 aromatic carbocycles. The number of halogens is 3. The summed E-state index contributed by atoms with van der Waals surface area (Å²) in [7, 11) is 0. The molecule has 78 valence electrons. The van der Waals surface area contributed by atoms with Gasteiger partial charge in [0.05, 0.1) is 14.8 Å². The number of carboxylic acid groups (broad SMARTS) is 1. The normalized spacial score (nSPS) is 9.53. The molecule has 0 atom stereocenters. The summed E-state index contributed by atoms with van der Waals surface area (Å²) in [6.45, 7) is 0. The molecule has 0 heterocycles. The largest absolute Gasteiger partial charge is 0.478 e. The molecule has 0 aliphatic carbocycles. The maximum absolute atomic E-state index is 10.9. The lowest BCUT2D eigenvalue weighted by Crippen LogP contribution is -2.02. The van der Waals surface area contributed by atoms with Gasteiger partial charge in [0.1, 0.15) is 0 Å². The van der Waals surface area contributed by atoms with Gasteiger partial charge in [-0.3, -0.25) is 0 Å². The quantitative estimate of drug-likeness (QED) is 0.271. The van der Waals surface area contributed by atoms with Crippen LogP contribution in [0.25, 0.3) is 0 Å². The first-order chi connectivity index (χ1) is 6.99. The van der Waals surface area contributed by atoms with Crippen LogP contribution in [-0.2, 0) is 4.79 Å². The van der Waals surface area contributed by atoms with E-state index in [-0.39, 0.29) is 5.56 Å². The number of benzene rings is 1. The minimum atomic E-state index is -1.03. The zero-order valence-corrected chi connectivity index (χ0v) is 13.4. The van der Waals surface area contributed by atoms with Gasteiger partial charge in [0.2, 0.25) is 6.08 Å². The molecule has 0 fully saturated rings. The molecule has 0 radical (unpaired) electrons. The lowest BCUT2D eigenvalue weighted by molar-refractivity contribution is 0.0695. The number of carbonyl (C=O) groups excluding carboxylic acids is 1. The monoisotopic (exact) mass is 541 g/mol. The summed E-state index contributed by atoms with van der Waals surface area (Å²) in [5, 5.41) is 8.92. The van der Waals surface area contributed by atoms with Gasteiger partial charge in [0, 0.05) is 7.14 Å². The van der Waals surface area contributed by atoms with Gasteiger partial charge < -0.3 is 5.11 Å². The van der Waals surface area contributed by atoms with E-state index >= 15 is 0 Å².